The molecule has 0 radical (unpaired) electrons. The van der Waals surface area contributed by atoms with Crippen LogP contribution in [0.1, 0.15) is 44.2 Å². The van der Waals surface area contributed by atoms with Gasteiger partial charge < -0.3 is 14.8 Å². The van der Waals surface area contributed by atoms with Gasteiger partial charge in [0.25, 0.3) is 0 Å². The number of Topliss-reactive ketones (excluding diaryl/α,β-unsaturated/α-hetero) is 1. The molecule has 0 fully saturated rings. The molecule has 2 aromatic carbocycles. The Morgan fingerprint density at radius 3 is 2.09 bits per heavy atom. The molecule has 1 unspecified atom stereocenters. The molecule has 168 valence electrons. The van der Waals surface area contributed by atoms with Gasteiger partial charge in [0.15, 0.2) is 0 Å². The average molecular weight is 436 g/mol. The Kier molecular flexibility index (Phi) is 7.46. The lowest BCUT2D eigenvalue weighted by molar-refractivity contribution is -0.151. The van der Waals surface area contributed by atoms with Gasteiger partial charge >= 0.3 is 12.1 Å². The van der Waals surface area contributed by atoms with Gasteiger partial charge in [-0.2, -0.15) is 0 Å². The second-order valence-corrected chi connectivity index (χ2v) is 8.31. The van der Waals surface area contributed by atoms with Gasteiger partial charge in [-0.1, -0.05) is 75.0 Å². The lowest BCUT2D eigenvalue weighted by Crippen LogP contribution is -2.46. The maximum atomic E-state index is 12.6. The number of ketones is 1. The molecular weight excluding hydrogens is 406 g/mol. The minimum absolute atomic E-state index is 0.0466. The van der Waals surface area contributed by atoms with Gasteiger partial charge in [-0.15, -0.1) is 0 Å². The summed E-state index contributed by atoms with van der Waals surface area (Å²) in [6, 6.07) is 15.2. The van der Waals surface area contributed by atoms with E-state index in [-0.39, 0.29) is 30.6 Å². The first-order valence-electron chi connectivity index (χ1n) is 10.8. The van der Waals surface area contributed by atoms with E-state index in [2.05, 4.69) is 24.0 Å². The molecule has 0 aromatic heterocycles. The van der Waals surface area contributed by atoms with Crippen LogP contribution in [0.2, 0.25) is 0 Å². The van der Waals surface area contributed by atoms with E-state index < -0.39 is 24.2 Å². The Labute approximate surface area is 188 Å². The quantitative estimate of drug-likeness (QED) is 0.459. The van der Waals surface area contributed by atoms with Gasteiger partial charge in [0.2, 0.25) is 0 Å². The highest BCUT2D eigenvalue weighted by molar-refractivity contribution is 5.83. The number of ether oxygens (including phenoxy) is 2. The highest BCUT2D eigenvalue weighted by atomic mass is 16.6. The lowest BCUT2D eigenvalue weighted by Gasteiger charge is -2.23. The smallest absolute Gasteiger partial charge is 0.407 e. The van der Waals surface area contributed by atoms with Crippen LogP contribution in [-0.2, 0) is 19.1 Å². The highest BCUT2D eigenvalue weighted by Gasteiger charge is 2.31. The Hall–Kier alpha value is -3.41. The van der Waals surface area contributed by atoms with Crippen LogP contribution >= 0.6 is 0 Å². The zero-order valence-corrected chi connectivity index (χ0v) is 18.7. The fourth-order valence-corrected chi connectivity index (χ4v) is 3.94. The van der Waals surface area contributed by atoms with Crippen LogP contribution < -0.4 is 5.32 Å². The monoisotopic (exact) mass is 435 g/mol. The number of esters is 1. The standard InChI is InChI=1S/C26H29NO5/c1-5-18(14-17(4)28)32-25(29)24(16(2)3)27-26(30)31-15-23-21-12-8-6-10-19(21)20-11-7-9-13-22(20)23/h5-13,16,18,23-24H,1,14-15H2,2-4H3,(H,27,30)/t18?,24-/m0/s1. The molecule has 1 aliphatic rings. The normalized spacial score (nSPS) is 14.1. The average Bonchev–Trinajstić information content (AvgIpc) is 3.08. The molecule has 6 heteroatoms. The number of alkyl carbamates (subject to hydrolysis) is 1. The third kappa shape index (κ3) is 5.25. The molecule has 0 spiro atoms. The zero-order valence-electron chi connectivity index (χ0n) is 18.7. The van der Waals surface area contributed by atoms with Crippen molar-refractivity contribution >= 4 is 17.8 Å². The summed E-state index contributed by atoms with van der Waals surface area (Å²) in [5.74, 6) is -1.04. The number of amides is 1. The van der Waals surface area contributed by atoms with E-state index in [1.54, 1.807) is 13.8 Å². The molecule has 0 heterocycles. The maximum absolute atomic E-state index is 12.6. The fraction of sp³-hybridized carbons (Fsp3) is 0.346. The third-order valence-electron chi connectivity index (χ3n) is 5.56. The number of carbonyl (C=O) groups is 3. The second-order valence-electron chi connectivity index (χ2n) is 8.31. The SMILES string of the molecule is C=CC(CC(C)=O)OC(=O)[C@@H](NC(=O)OCC1c2ccccc2-c2ccccc21)C(C)C. The summed E-state index contributed by atoms with van der Waals surface area (Å²) < 4.78 is 10.9. The number of benzene rings is 2. The summed E-state index contributed by atoms with van der Waals surface area (Å²) in [4.78, 5) is 36.5. The van der Waals surface area contributed by atoms with Gasteiger partial charge in [0.1, 0.15) is 24.5 Å². The van der Waals surface area contributed by atoms with Gasteiger partial charge in [0.05, 0.1) is 0 Å². The summed E-state index contributed by atoms with van der Waals surface area (Å²) in [5, 5.41) is 2.62. The Morgan fingerprint density at radius 1 is 1.03 bits per heavy atom. The minimum atomic E-state index is -0.903. The molecule has 6 nitrogen and oxygen atoms in total. The summed E-state index contributed by atoms with van der Waals surface area (Å²) in [6.07, 6.45) is 0.0319. The summed E-state index contributed by atoms with van der Waals surface area (Å²) in [6.45, 7) is 8.76. The van der Waals surface area contributed by atoms with Crippen molar-refractivity contribution in [2.45, 2.75) is 45.3 Å². The number of hydrogen-bond acceptors (Lipinski definition) is 5. The molecule has 1 amide bonds. The molecule has 2 atom stereocenters. The van der Waals surface area contributed by atoms with Crippen molar-refractivity contribution in [2.24, 2.45) is 5.92 Å². The van der Waals surface area contributed by atoms with E-state index in [1.165, 1.54) is 13.0 Å². The topological polar surface area (TPSA) is 81.7 Å². The molecule has 3 rings (SSSR count). The minimum Gasteiger partial charge on any atom is -0.456 e. The summed E-state index contributed by atoms with van der Waals surface area (Å²) in [5.41, 5.74) is 4.50. The van der Waals surface area contributed by atoms with Crippen LogP contribution in [0.4, 0.5) is 4.79 Å². The molecule has 0 saturated heterocycles. The Bertz CT molecular complexity index is 967. The first-order chi connectivity index (χ1) is 15.3. The third-order valence-corrected chi connectivity index (χ3v) is 5.56. The van der Waals surface area contributed by atoms with Gasteiger partial charge in [0, 0.05) is 12.3 Å². The zero-order chi connectivity index (χ0) is 23.3. The second kappa shape index (κ2) is 10.3. The van der Waals surface area contributed by atoms with Gasteiger partial charge in [-0.3, -0.25) is 4.79 Å². The Morgan fingerprint density at radius 2 is 1.59 bits per heavy atom. The van der Waals surface area contributed by atoms with E-state index in [1.807, 2.05) is 36.4 Å². The van der Waals surface area contributed by atoms with E-state index in [0.29, 0.717) is 0 Å². The van der Waals surface area contributed by atoms with Crippen LogP contribution in [0.3, 0.4) is 0 Å². The molecule has 0 saturated carbocycles. The van der Waals surface area contributed by atoms with Crippen molar-refractivity contribution in [2.75, 3.05) is 6.61 Å². The summed E-state index contributed by atoms with van der Waals surface area (Å²) >= 11 is 0. The van der Waals surface area contributed by atoms with Crippen molar-refractivity contribution < 1.29 is 23.9 Å². The first-order valence-corrected chi connectivity index (χ1v) is 10.8. The molecule has 32 heavy (non-hydrogen) atoms. The molecular formula is C26H29NO5. The molecule has 1 N–H and O–H groups in total. The van der Waals surface area contributed by atoms with Crippen LogP contribution in [0.15, 0.2) is 61.2 Å². The number of hydrogen-bond donors (Lipinski definition) is 1. The van der Waals surface area contributed by atoms with Crippen LogP contribution in [-0.4, -0.2) is 36.6 Å². The molecule has 1 aliphatic carbocycles. The first kappa shape index (κ1) is 23.3. The number of rotatable bonds is 9. The fourth-order valence-electron chi connectivity index (χ4n) is 3.94. The predicted molar refractivity (Wildman–Crippen MR) is 122 cm³/mol. The molecule has 0 bridgehead atoms. The lowest BCUT2D eigenvalue weighted by atomic mass is 9.98. The molecule has 0 aliphatic heterocycles. The van der Waals surface area contributed by atoms with Crippen molar-refractivity contribution in [3.63, 3.8) is 0 Å². The van der Waals surface area contributed by atoms with Crippen molar-refractivity contribution in [3.8, 4) is 11.1 Å². The van der Waals surface area contributed by atoms with E-state index in [0.717, 1.165) is 22.3 Å². The van der Waals surface area contributed by atoms with Crippen LogP contribution in [0.5, 0.6) is 0 Å². The summed E-state index contributed by atoms with van der Waals surface area (Å²) in [7, 11) is 0. The number of carbonyl (C=O) groups excluding carboxylic acids is 3. The van der Waals surface area contributed by atoms with E-state index in [9.17, 15) is 14.4 Å². The van der Waals surface area contributed by atoms with Crippen LogP contribution in [0, 0.1) is 5.92 Å². The number of nitrogens with one attached hydrogen (secondary N) is 1. The largest absolute Gasteiger partial charge is 0.456 e. The van der Waals surface area contributed by atoms with E-state index >= 15 is 0 Å². The number of fused-ring (bicyclic) bond motifs is 3. The highest BCUT2D eigenvalue weighted by Crippen LogP contribution is 2.44. The van der Waals surface area contributed by atoms with Gasteiger partial charge in [-0.25, -0.2) is 9.59 Å². The predicted octanol–water partition coefficient (Wildman–Crippen LogP) is 4.63. The maximum Gasteiger partial charge on any atom is 0.407 e. The molecule has 2 aromatic rings. The Balaban J connectivity index is 1.65. The van der Waals surface area contributed by atoms with Crippen molar-refractivity contribution in [1.82, 2.24) is 5.32 Å². The van der Waals surface area contributed by atoms with Crippen molar-refractivity contribution in [3.05, 3.63) is 72.3 Å². The van der Waals surface area contributed by atoms with E-state index in [4.69, 9.17) is 9.47 Å². The van der Waals surface area contributed by atoms with Crippen LogP contribution in [0.25, 0.3) is 11.1 Å². The van der Waals surface area contributed by atoms with Crippen molar-refractivity contribution in [1.29, 1.82) is 0 Å². The van der Waals surface area contributed by atoms with Gasteiger partial charge in [-0.05, 0) is 35.1 Å².